The number of ether oxygens (including phenoxy) is 3. The largest absolute Gasteiger partial charge is 0.496 e. The third-order valence-corrected chi connectivity index (χ3v) is 4.26. The van der Waals surface area contributed by atoms with Crippen LogP contribution in [0, 0.1) is 0 Å². The molecule has 4 nitrogen and oxygen atoms in total. The first-order chi connectivity index (χ1) is 12.2. The molecule has 4 heteroatoms. The number of ketones is 1. The number of carbonyl (C=O) groups excluding carboxylic acids is 1. The summed E-state index contributed by atoms with van der Waals surface area (Å²) in [5, 5.41) is 0. The molecule has 1 heterocycles. The van der Waals surface area contributed by atoms with Crippen molar-refractivity contribution in [3.63, 3.8) is 0 Å². The third-order valence-electron chi connectivity index (χ3n) is 4.26. The predicted octanol–water partition coefficient (Wildman–Crippen LogP) is 4.66. The summed E-state index contributed by atoms with van der Waals surface area (Å²) in [6, 6.07) is 11.6. The number of hydrogen-bond donors (Lipinski definition) is 0. The molecule has 2 aromatic carbocycles. The summed E-state index contributed by atoms with van der Waals surface area (Å²) in [5.41, 5.74) is 2.67. The van der Waals surface area contributed by atoms with Crippen molar-refractivity contribution in [3.8, 4) is 17.2 Å². The smallest absolute Gasteiger partial charge is 0.235 e. The second kappa shape index (κ2) is 7.43. The predicted molar refractivity (Wildman–Crippen MR) is 97.5 cm³/mol. The molecule has 0 unspecified atom stereocenters. The number of rotatable bonds is 6. The van der Waals surface area contributed by atoms with E-state index in [1.807, 2.05) is 12.1 Å². The van der Waals surface area contributed by atoms with E-state index in [0.717, 1.165) is 12.0 Å². The number of Topliss-reactive ketones (excluding diaryl/α,β-unsaturated/α-hetero) is 1. The molecule has 3 rings (SSSR count). The highest BCUT2D eigenvalue weighted by Gasteiger charge is 2.32. The molecule has 2 aromatic rings. The summed E-state index contributed by atoms with van der Waals surface area (Å²) >= 11 is 0. The second-order valence-corrected chi connectivity index (χ2v) is 5.99. The van der Waals surface area contributed by atoms with Crippen LogP contribution in [0.5, 0.6) is 17.2 Å². The minimum Gasteiger partial charge on any atom is -0.496 e. The van der Waals surface area contributed by atoms with Gasteiger partial charge in [-0.1, -0.05) is 37.6 Å². The van der Waals surface area contributed by atoms with Crippen molar-refractivity contribution in [2.24, 2.45) is 0 Å². The van der Waals surface area contributed by atoms with Gasteiger partial charge in [0.05, 0.1) is 14.2 Å². The van der Waals surface area contributed by atoms with E-state index < -0.39 is 0 Å². The minimum absolute atomic E-state index is 0.176. The second-order valence-electron chi connectivity index (χ2n) is 5.99. The van der Waals surface area contributed by atoms with E-state index in [1.165, 1.54) is 25.5 Å². The van der Waals surface area contributed by atoms with Gasteiger partial charge in [-0.15, -0.1) is 0 Å². The van der Waals surface area contributed by atoms with Crippen LogP contribution in [0.25, 0.3) is 6.08 Å². The molecule has 0 bridgehead atoms. The average Bonchev–Trinajstić information content (AvgIpc) is 2.96. The van der Waals surface area contributed by atoms with Gasteiger partial charge < -0.3 is 14.2 Å². The van der Waals surface area contributed by atoms with Crippen LogP contribution in [0.15, 0.2) is 42.2 Å². The maximum Gasteiger partial charge on any atom is 0.235 e. The number of methoxy groups -OCH3 is 2. The summed E-state index contributed by atoms with van der Waals surface area (Å²) in [6.07, 6.45) is 5.19. The van der Waals surface area contributed by atoms with E-state index in [0.29, 0.717) is 28.6 Å². The van der Waals surface area contributed by atoms with Crippen molar-refractivity contribution >= 4 is 11.9 Å². The van der Waals surface area contributed by atoms with Gasteiger partial charge in [-0.3, -0.25) is 4.79 Å². The van der Waals surface area contributed by atoms with Crippen molar-refractivity contribution in [2.45, 2.75) is 26.2 Å². The first-order valence-corrected chi connectivity index (χ1v) is 8.45. The topological polar surface area (TPSA) is 44.8 Å². The lowest BCUT2D eigenvalue weighted by Crippen LogP contribution is -2.00. The van der Waals surface area contributed by atoms with Gasteiger partial charge in [0.25, 0.3) is 0 Å². The zero-order valence-electron chi connectivity index (χ0n) is 14.8. The zero-order chi connectivity index (χ0) is 17.8. The van der Waals surface area contributed by atoms with E-state index in [4.69, 9.17) is 14.2 Å². The van der Waals surface area contributed by atoms with Crippen LogP contribution in [0.2, 0.25) is 0 Å². The summed E-state index contributed by atoms with van der Waals surface area (Å²) in [5.74, 6) is 1.63. The molecular weight excluding hydrogens is 316 g/mol. The van der Waals surface area contributed by atoms with Gasteiger partial charge in [0, 0.05) is 12.1 Å². The van der Waals surface area contributed by atoms with Crippen molar-refractivity contribution in [3.05, 3.63) is 58.8 Å². The van der Waals surface area contributed by atoms with Gasteiger partial charge in [0.2, 0.25) is 5.78 Å². The molecule has 25 heavy (non-hydrogen) atoms. The van der Waals surface area contributed by atoms with Crippen LogP contribution in [-0.2, 0) is 6.42 Å². The molecule has 0 N–H and O–H groups in total. The number of carbonyl (C=O) groups is 1. The summed E-state index contributed by atoms with van der Waals surface area (Å²) in [6.45, 7) is 2.18. The van der Waals surface area contributed by atoms with Crippen LogP contribution < -0.4 is 14.2 Å². The van der Waals surface area contributed by atoms with Crippen molar-refractivity contribution in [2.75, 3.05) is 14.2 Å². The Balaban J connectivity index is 1.87. The Morgan fingerprint density at radius 3 is 2.48 bits per heavy atom. The standard InChI is InChI=1S/C21H22O4/c1-4-5-6-14-7-9-15(10-8-14)11-19-21(22)20-17(24-3)12-16(23-2)13-18(20)25-19/h7-13H,4-6H2,1-3H3/b19-11-. The van der Waals surface area contributed by atoms with Crippen molar-refractivity contribution in [1.29, 1.82) is 0 Å². The third kappa shape index (κ3) is 3.53. The SMILES string of the molecule is CCCCc1ccc(/C=C2\Oc3cc(OC)cc(OC)c3C2=O)cc1. The average molecular weight is 338 g/mol. The van der Waals surface area contributed by atoms with E-state index in [2.05, 4.69) is 19.1 Å². The van der Waals surface area contributed by atoms with Crippen LogP contribution in [0.3, 0.4) is 0 Å². The fraction of sp³-hybridized carbons (Fsp3) is 0.286. The number of allylic oxidation sites excluding steroid dienone is 1. The number of unbranched alkanes of at least 4 members (excludes halogenated alkanes) is 1. The van der Waals surface area contributed by atoms with E-state index >= 15 is 0 Å². The van der Waals surface area contributed by atoms with Crippen LogP contribution >= 0.6 is 0 Å². The molecule has 0 fully saturated rings. The minimum atomic E-state index is -0.176. The van der Waals surface area contributed by atoms with E-state index in [9.17, 15) is 4.79 Å². The first kappa shape index (κ1) is 17.1. The molecule has 0 atom stereocenters. The lowest BCUT2D eigenvalue weighted by Gasteiger charge is -2.07. The lowest BCUT2D eigenvalue weighted by molar-refractivity contribution is 0.101. The van der Waals surface area contributed by atoms with Gasteiger partial charge in [0.15, 0.2) is 5.76 Å². The summed E-state index contributed by atoms with van der Waals surface area (Å²) in [4.78, 5) is 12.7. The number of aryl methyl sites for hydroxylation is 1. The Hall–Kier alpha value is -2.75. The maximum absolute atomic E-state index is 12.7. The van der Waals surface area contributed by atoms with Crippen LogP contribution in [0.1, 0.15) is 41.3 Å². The summed E-state index contributed by atoms with van der Waals surface area (Å²) in [7, 11) is 3.09. The molecule has 0 aliphatic carbocycles. The number of benzene rings is 2. The van der Waals surface area contributed by atoms with Crippen molar-refractivity contribution < 1.29 is 19.0 Å². The maximum atomic E-state index is 12.7. The van der Waals surface area contributed by atoms with E-state index in [1.54, 1.807) is 25.3 Å². The molecule has 0 saturated heterocycles. The Morgan fingerprint density at radius 1 is 1.08 bits per heavy atom. The van der Waals surface area contributed by atoms with Crippen LogP contribution in [0.4, 0.5) is 0 Å². The Morgan fingerprint density at radius 2 is 1.84 bits per heavy atom. The highest BCUT2D eigenvalue weighted by atomic mass is 16.5. The Labute approximate surface area is 148 Å². The first-order valence-electron chi connectivity index (χ1n) is 8.45. The Kier molecular flexibility index (Phi) is 5.08. The molecule has 0 amide bonds. The normalized spacial score (nSPS) is 14.4. The quantitative estimate of drug-likeness (QED) is 0.719. The van der Waals surface area contributed by atoms with Gasteiger partial charge in [0.1, 0.15) is 22.8 Å². The molecule has 0 saturated carbocycles. The van der Waals surface area contributed by atoms with Crippen LogP contribution in [-0.4, -0.2) is 20.0 Å². The molecule has 0 spiro atoms. The van der Waals surface area contributed by atoms with Gasteiger partial charge in [-0.25, -0.2) is 0 Å². The summed E-state index contributed by atoms with van der Waals surface area (Å²) < 4.78 is 16.3. The number of hydrogen-bond acceptors (Lipinski definition) is 4. The molecule has 0 aromatic heterocycles. The number of fused-ring (bicyclic) bond motifs is 1. The van der Waals surface area contributed by atoms with Crippen molar-refractivity contribution in [1.82, 2.24) is 0 Å². The van der Waals surface area contributed by atoms with E-state index in [-0.39, 0.29) is 5.78 Å². The molecule has 130 valence electrons. The highest BCUT2D eigenvalue weighted by molar-refractivity contribution is 6.16. The molecule has 1 aliphatic rings. The highest BCUT2D eigenvalue weighted by Crippen LogP contribution is 2.41. The fourth-order valence-corrected chi connectivity index (χ4v) is 2.84. The van der Waals surface area contributed by atoms with Gasteiger partial charge in [-0.05, 0) is 30.0 Å². The van der Waals surface area contributed by atoms with Gasteiger partial charge >= 0.3 is 0 Å². The molecule has 1 aliphatic heterocycles. The Bertz CT molecular complexity index is 803. The fourth-order valence-electron chi connectivity index (χ4n) is 2.84. The zero-order valence-corrected chi connectivity index (χ0v) is 14.8. The molecule has 0 radical (unpaired) electrons. The lowest BCUT2D eigenvalue weighted by atomic mass is 10.0. The molecular formula is C21H22O4. The monoisotopic (exact) mass is 338 g/mol. The van der Waals surface area contributed by atoms with Gasteiger partial charge in [-0.2, -0.15) is 0 Å².